The second kappa shape index (κ2) is 5.12. The summed E-state index contributed by atoms with van der Waals surface area (Å²) in [5, 5.41) is 0. The minimum Gasteiger partial charge on any atom is -0.494 e. The number of methoxy groups -OCH3 is 1. The minimum absolute atomic E-state index is 0.260. The van der Waals surface area contributed by atoms with Crippen LogP contribution in [-0.4, -0.2) is 13.7 Å². The third-order valence-corrected chi connectivity index (χ3v) is 2.93. The molecule has 3 heteroatoms. The van der Waals surface area contributed by atoms with Gasteiger partial charge in [-0.3, -0.25) is 0 Å². The lowest BCUT2D eigenvalue weighted by Gasteiger charge is -2.18. The molecule has 0 radical (unpaired) electrons. The maximum Gasteiger partial charge on any atom is 0.165 e. The highest BCUT2D eigenvalue weighted by Crippen LogP contribution is 2.27. The molecule has 0 aliphatic heterocycles. The number of hydrogen-bond acceptors (Lipinski definition) is 2. The Kier molecular flexibility index (Phi) is 4.09. The van der Waals surface area contributed by atoms with Crippen molar-refractivity contribution in [2.45, 2.75) is 19.8 Å². The monoisotopic (exact) mass is 211 g/mol. The van der Waals surface area contributed by atoms with E-state index in [1.165, 1.54) is 13.2 Å². The van der Waals surface area contributed by atoms with E-state index in [1.807, 2.05) is 6.07 Å². The molecular weight excluding hydrogens is 193 g/mol. The number of hydrogen-bond donors (Lipinski definition) is 1. The van der Waals surface area contributed by atoms with Crippen molar-refractivity contribution < 1.29 is 9.13 Å². The number of nitrogens with two attached hydrogens (primary N) is 1. The summed E-state index contributed by atoms with van der Waals surface area (Å²) in [6.45, 7) is 4.72. The molecular formula is C12H18FNO. The normalized spacial score (nSPS) is 14.7. The largest absolute Gasteiger partial charge is 0.494 e. The maximum atomic E-state index is 13.4. The molecule has 15 heavy (non-hydrogen) atoms. The molecule has 0 aliphatic carbocycles. The van der Waals surface area contributed by atoms with Crippen molar-refractivity contribution >= 4 is 0 Å². The van der Waals surface area contributed by atoms with Gasteiger partial charge in [-0.25, -0.2) is 4.39 Å². The zero-order valence-corrected chi connectivity index (χ0v) is 9.46. The minimum atomic E-state index is -0.314. The molecule has 0 aromatic heterocycles. The van der Waals surface area contributed by atoms with E-state index in [-0.39, 0.29) is 17.5 Å². The SMILES string of the molecule is COc1ccc(C(C)C(C)CN)cc1F. The molecule has 2 unspecified atom stereocenters. The lowest BCUT2D eigenvalue weighted by atomic mass is 9.89. The topological polar surface area (TPSA) is 35.2 Å². The Labute approximate surface area is 90.2 Å². The van der Waals surface area contributed by atoms with Gasteiger partial charge in [-0.2, -0.15) is 0 Å². The summed E-state index contributed by atoms with van der Waals surface area (Å²) in [5.74, 6) is 0.575. The molecule has 2 atom stereocenters. The van der Waals surface area contributed by atoms with Gasteiger partial charge in [0, 0.05) is 0 Å². The highest BCUT2D eigenvalue weighted by atomic mass is 19.1. The average molecular weight is 211 g/mol. The molecule has 1 aromatic rings. The number of rotatable bonds is 4. The maximum absolute atomic E-state index is 13.4. The number of benzene rings is 1. The van der Waals surface area contributed by atoms with E-state index in [9.17, 15) is 4.39 Å². The van der Waals surface area contributed by atoms with Gasteiger partial charge in [0.1, 0.15) is 0 Å². The van der Waals surface area contributed by atoms with Crippen molar-refractivity contribution in [2.75, 3.05) is 13.7 Å². The van der Waals surface area contributed by atoms with Crippen molar-refractivity contribution in [3.8, 4) is 5.75 Å². The van der Waals surface area contributed by atoms with E-state index in [4.69, 9.17) is 10.5 Å². The van der Waals surface area contributed by atoms with Gasteiger partial charge in [-0.15, -0.1) is 0 Å². The first-order valence-electron chi connectivity index (χ1n) is 5.13. The number of halogens is 1. The third-order valence-electron chi connectivity index (χ3n) is 2.93. The highest BCUT2D eigenvalue weighted by molar-refractivity contribution is 5.31. The van der Waals surface area contributed by atoms with Crippen LogP contribution in [0, 0.1) is 11.7 Å². The van der Waals surface area contributed by atoms with Crippen molar-refractivity contribution in [1.29, 1.82) is 0 Å². The first-order chi connectivity index (χ1) is 7.10. The van der Waals surface area contributed by atoms with Crippen LogP contribution < -0.4 is 10.5 Å². The highest BCUT2D eigenvalue weighted by Gasteiger charge is 2.14. The molecule has 2 nitrogen and oxygen atoms in total. The van der Waals surface area contributed by atoms with Crippen molar-refractivity contribution in [2.24, 2.45) is 11.7 Å². The van der Waals surface area contributed by atoms with Gasteiger partial charge in [0.25, 0.3) is 0 Å². The molecule has 0 amide bonds. The molecule has 0 saturated carbocycles. The first-order valence-corrected chi connectivity index (χ1v) is 5.13. The van der Waals surface area contributed by atoms with E-state index in [0.717, 1.165) is 5.56 Å². The third kappa shape index (κ3) is 2.69. The van der Waals surface area contributed by atoms with Crippen LogP contribution >= 0.6 is 0 Å². The van der Waals surface area contributed by atoms with Crippen LogP contribution in [0.5, 0.6) is 5.75 Å². The summed E-state index contributed by atoms with van der Waals surface area (Å²) in [5.41, 5.74) is 6.55. The number of ether oxygens (including phenoxy) is 1. The second-order valence-electron chi connectivity index (χ2n) is 3.90. The Morgan fingerprint density at radius 1 is 1.40 bits per heavy atom. The standard InChI is InChI=1S/C12H18FNO/c1-8(7-14)9(2)10-4-5-12(15-3)11(13)6-10/h4-6,8-9H,7,14H2,1-3H3. The molecule has 84 valence electrons. The van der Waals surface area contributed by atoms with Gasteiger partial charge < -0.3 is 10.5 Å². The van der Waals surface area contributed by atoms with Crippen LogP contribution in [0.1, 0.15) is 25.3 Å². The fourth-order valence-electron chi connectivity index (χ4n) is 1.50. The summed E-state index contributed by atoms with van der Waals surface area (Å²) >= 11 is 0. The molecule has 2 N–H and O–H groups in total. The van der Waals surface area contributed by atoms with E-state index in [0.29, 0.717) is 12.5 Å². The molecule has 0 fully saturated rings. The van der Waals surface area contributed by atoms with Gasteiger partial charge in [-0.1, -0.05) is 19.9 Å². The summed E-state index contributed by atoms with van der Waals surface area (Å²) in [4.78, 5) is 0. The fraction of sp³-hybridized carbons (Fsp3) is 0.500. The summed E-state index contributed by atoms with van der Waals surface area (Å²) < 4.78 is 18.3. The van der Waals surface area contributed by atoms with Crippen LogP contribution in [0.15, 0.2) is 18.2 Å². The predicted molar refractivity (Wildman–Crippen MR) is 59.6 cm³/mol. The predicted octanol–water partition coefficient (Wildman–Crippen LogP) is 2.53. The quantitative estimate of drug-likeness (QED) is 0.830. The van der Waals surface area contributed by atoms with Gasteiger partial charge in [0.2, 0.25) is 0 Å². The van der Waals surface area contributed by atoms with Crippen LogP contribution in [0.3, 0.4) is 0 Å². The van der Waals surface area contributed by atoms with E-state index in [2.05, 4.69) is 13.8 Å². The van der Waals surface area contributed by atoms with Gasteiger partial charge >= 0.3 is 0 Å². The lowest BCUT2D eigenvalue weighted by Crippen LogP contribution is -2.17. The van der Waals surface area contributed by atoms with Crippen LogP contribution in [-0.2, 0) is 0 Å². The van der Waals surface area contributed by atoms with Crippen molar-refractivity contribution in [3.05, 3.63) is 29.6 Å². The Morgan fingerprint density at radius 3 is 2.53 bits per heavy atom. The van der Waals surface area contributed by atoms with Crippen LogP contribution in [0.25, 0.3) is 0 Å². The van der Waals surface area contributed by atoms with Gasteiger partial charge in [0.15, 0.2) is 11.6 Å². The fourth-order valence-corrected chi connectivity index (χ4v) is 1.50. The molecule has 0 heterocycles. The summed E-state index contributed by atoms with van der Waals surface area (Å²) in [6.07, 6.45) is 0. The van der Waals surface area contributed by atoms with E-state index >= 15 is 0 Å². The Morgan fingerprint density at radius 2 is 2.07 bits per heavy atom. The van der Waals surface area contributed by atoms with Gasteiger partial charge in [-0.05, 0) is 36.1 Å². The smallest absolute Gasteiger partial charge is 0.165 e. The average Bonchev–Trinajstić information content (AvgIpc) is 2.26. The molecule has 1 rings (SSSR count). The first kappa shape index (κ1) is 12.0. The zero-order valence-electron chi connectivity index (χ0n) is 9.46. The molecule has 0 aliphatic rings. The zero-order chi connectivity index (χ0) is 11.4. The Bertz CT molecular complexity index is 327. The molecule has 0 bridgehead atoms. The Hall–Kier alpha value is -1.09. The summed E-state index contributed by atoms with van der Waals surface area (Å²) in [6, 6.07) is 5.07. The van der Waals surface area contributed by atoms with Crippen molar-refractivity contribution in [3.63, 3.8) is 0 Å². The van der Waals surface area contributed by atoms with Crippen LogP contribution in [0.2, 0.25) is 0 Å². The summed E-state index contributed by atoms with van der Waals surface area (Å²) in [7, 11) is 1.46. The Balaban J connectivity index is 2.92. The molecule has 1 aromatic carbocycles. The lowest BCUT2D eigenvalue weighted by molar-refractivity contribution is 0.385. The molecule has 0 saturated heterocycles. The molecule has 0 spiro atoms. The van der Waals surface area contributed by atoms with Crippen molar-refractivity contribution in [1.82, 2.24) is 0 Å². The van der Waals surface area contributed by atoms with E-state index in [1.54, 1.807) is 6.07 Å². The van der Waals surface area contributed by atoms with Crippen LogP contribution in [0.4, 0.5) is 4.39 Å². The second-order valence-corrected chi connectivity index (χ2v) is 3.90. The van der Waals surface area contributed by atoms with E-state index < -0.39 is 0 Å². The van der Waals surface area contributed by atoms with Gasteiger partial charge in [0.05, 0.1) is 7.11 Å².